The van der Waals surface area contributed by atoms with Gasteiger partial charge in [-0.25, -0.2) is 9.37 Å². The summed E-state index contributed by atoms with van der Waals surface area (Å²) in [7, 11) is 0. The van der Waals surface area contributed by atoms with Gasteiger partial charge in [0, 0.05) is 17.8 Å². The molecule has 1 aromatic carbocycles. The number of halogens is 1. The molecule has 2 aromatic heterocycles. The van der Waals surface area contributed by atoms with Crippen molar-refractivity contribution in [2.24, 2.45) is 0 Å². The fourth-order valence-electron chi connectivity index (χ4n) is 1.82. The summed E-state index contributed by atoms with van der Waals surface area (Å²) in [5, 5.41) is 6.83. The topological polar surface area (TPSA) is 51.0 Å². The number of nitrogens with one attached hydrogen (secondary N) is 1. The smallest absolute Gasteiger partial charge is 0.167 e. The van der Waals surface area contributed by atoms with Gasteiger partial charge in [-0.05, 0) is 12.1 Å². The maximum absolute atomic E-state index is 13.4. The van der Waals surface area contributed by atoms with E-state index in [1.54, 1.807) is 6.07 Å². The first-order chi connectivity index (χ1) is 9.83. The first-order valence-corrected chi connectivity index (χ1v) is 6.18. The molecule has 0 aliphatic heterocycles. The Morgan fingerprint density at radius 1 is 1.10 bits per heavy atom. The molecule has 0 bridgehead atoms. The molecule has 0 atom stereocenters. The lowest BCUT2D eigenvalue weighted by atomic mass is 10.2. The Morgan fingerprint density at radius 3 is 2.75 bits per heavy atom. The van der Waals surface area contributed by atoms with E-state index in [0.29, 0.717) is 18.0 Å². The zero-order chi connectivity index (χ0) is 13.8. The van der Waals surface area contributed by atoms with Crippen LogP contribution in [0.5, 0.6) is 0 Å². The van der Waals surface area contributed by atoms with E-state index in [9.17, 15) is 4.39 Å². The van der Waals surface area contributed by atoms with E-state index in [0.717, 1.165) is 5.56 Å². The molecular formula is C15H12FN3O. The minimum atomic E-state index is -0.390. The zero-order valence-corrected chi connectivity index (χ0v) is 10.6. The van der Waals surface area contributed by atoms with Crippen LogP contribution >= 0.6 is 0 Å². The molecule has 3 aromatic rings. The molecule has 5 heteroatoms. The van der Waals surface area contributed by atoms with Gasteiger partial charge < -0.3 is 9.84 Å². The van der Waals surface area contributed by atoms with Crippen molar-refractivity contribution in [2.75, 3.05) is 5.32 Å². The fourth-order valence-corrected chi connectivity index (χ4v) is 1.82. The first kappa shape index (κ1) is 12.3. The Hall–Kier alpha value is -2.69. The average molecular weight is 269 g/mol. The minimum absolute atomic E-state index is 0.205. The summed E-state index contributed by atoms with van der Waals surface area (Å²) in [5.74, 6) is 0.500. The summed E-state index contributed by atoms with van der Waals surface area (Å²) < 4.78 is 18.7. The number of hydrogen-bond donors (Lipinski definition) is 1. The van der Waals surface area contributed by atoms with Crippen molar-refractivity contribution in [1.29, 1.82) is 0 Å². The highest BCUT2D eigenvalue weighted by molar-refractivity contribution is 5.57. The van der Waals surface area contributed by atoms with E-state index < -0.39 is 0 Å². The molecule has 100 valence electrons. The van der Waals surface area contributed by atoms with Gasteiger partial charge in [0.2, 0.25) is 0 Å². The van der Waals surface area contributed by atoms with Gasteiger partial charge in [-0.15, -0.1) is 0 Å². The van der Waals surface area contributed by atoms with Crippen molar-refractivity contribution in [2.45, 2.75) is 6.54 Å². The van der Waals surface area contributed by atoms with E-state index in [2.05, 4.69) is 15.5 Å². The number of aromatic nitrogens is 2. The Labute approximate surface area is 115 Å². The molecule has 4 nitrogen and oxygen atoms in total. The minimum Gasteiger partial charge on any atom is -0.362 e. The predicted molar refractivity (Wildman–Crippen MR) is 73.5 cm³/mol. The molecule has 3 rings (SSSR count). The van der Waals surface area contributed by atoms with Crippen LogP contribution in [0.3, 0.4) is 0 Å². The number of hydrogen-bond acceptors (Lipinski definition) is 4. The van der Waals surface area contributed by atoms with Gasteiger partial charge in [0.15, 0.2) is 17.4 Å². The molecular weight excluding hydrogens is 257 g/mol. The molecule has 0 aliphatic carbocycles. The van der Waals surface area contributed by atoms with Crippen LogP contribution in [0, 0.1) is 5.82 Å². The lowest BCUT2D eigenvalue weighted by molar-refractivity contribution is 0.424. The summed E-state index contributed by atoms with van der Waals surface area (Å²) in [5.41, 5.74) is 1.64. The van der Waals surface area contributed by atoms with Gasteiger partial charge in [-0.1, -0.05) is 35.5 Å². The highest BCUT2D eigenvalue weighted by atomic mass is 19.1. The van der Waals surface area contributed by atoms with Gasteiger partial charge in [0.25, 0.3) is 0 Å². The number of anilines is 1. The van der Waals surface area contributed by atoms with Crippen LogP contribution < -0.4 is 5.32 Å². The number of benzene rings is 1. The third kappa shape index (κ3) is 2.66. The number of pyridine rings is 1. The van der Waals surface area contributed by atoms with E-state index in [-0.39, 0.29) is 11.6 Å². The third-order valence-electron chi connectivity index (χ3n) is 2.81. The normalized spacial score (nSPS) is 10.4. The molecule has 1 N–H and O–H groups in total. The molecule has 0 saturated carbocycles. The molecule has 0 fully saturated rings. The first-order valence-electron chi connectivity index (χ1n) is 6.18. The third-order valence-corrected chi connectivity index (χ3v) is 2.81. The SMILES string of the molecule is Fc1cccnc1NCc1cc(-c2ccccc2)on1. The van der Waals surface area contributed by atoms with Gasteiger partial charge in [-0.2, -0.15) is 0 Å². The van der Waals surface area contributed by atoms with Crippen molar-refractivity contribution < 1.29 is 8.91 Å². The highest BCUT2D eigenvalue weighted by Crippen LogP contribution is 2.20. The lowest BCUT2D eigenvalue weighted by Gasteiger charge is -2.02. The molecule has 0 radical (unpaired) electrons. The Morgan fingerprint density at radius 2 is 1.95 bits per heavy atom. The Bertz CT molecular complexity index is 697. The summed E-state index contributed by atoms with van der Waals surface area (Å²) in [4.78, 5) is 3.91. The van der Waals surface area contributed by atoms with Crippen LogP contribution in [-0.4, -0.2) is 10.1 Å². The van der Waals surface area contributed by atoms with Crippen molar-refractivity contribution in [3.63, 3.8) is 0 Å². The maximum atomic E-state index is 13.4. The molecule has 0 unspecified atom stereocenters. The summed E-state index contributed by atoms with van der Waals surface area (Å²) in [6.07, 6.45) is 1.53. The van der Waals surface area contributed by atoms with Crippen LogP contribution in [0.1, 0.15) is 5.69 Å². The van der Waals surface area contributed by atoms with Gasteiger partial charge >= 0.3 is 0 Å². The highest BCUT2D eigenvalue weighted by Gasteiger charge is 2.07. The second kappa shape index (κ2) is 5.52. The monoisotopic (exact) mass is 269 g/mol. The Balaban J connectivity index is 1.71. The second-order valence-electron chi connectivity index (χ2n) is 4.24. The van der Waals surface area contributed by atoms with E-state index in [4.69, 9.17) is 4.52 Å². The van der Waals surface area contributed by atoms with Crippen molar-refractivity contribution in [1.82, 2.24) is 10.1 Å². The summed E-state index contributed by atoms with van der Waals surface area (Å²) >= 11 is 0. The van der Waals surface area contributed by atoms with Gasteiger partial charge in [0.1, 0.15) is 5.69 Å². The standard InChI is InChI=1S/C15H12FN3O/c16-13-7-4-8-17-15(13)18-10-12-9-14(20-19-12)11-5-2-1-3-6-11/h1-9H,10H2,(H,17,18). The molecule has 20 heavy (non-hydrogen) atoms. The lowest BCUT2D eigenvalue weighted by Crippen LogP contribution is -2.03. The summed E-state index contributed by atoms with van der Waals surface area (Å²) in [6.45, 7) is 0.351. The average Bonchev–Trinajstić information content (AvgIpc) is 2.96. The van der Waals surface area contributed by atoms with Crippen LogP contribution in [0.25, 0.3) is 11.3 Å². The van der Waals surface area contributed by atoms with Crippen LogP contribution in [0.4, 0.5) is 10.2 Å². The molecule has 0 saturated heterocycles. The van der Waals surface area contributed by atoms with Crippen LogP contribution in [0.2, 0.25) is 0 Å². The van der Waals surface area contributed by atoms with Crippen LogP contribution in [0.15, 0.2) is 59.3 Å². The summed E-state index contributed by atoms with van der Waals surface area (Å²) in [6, 6.07) is 14.4. The van der Waals surface area contributed by atoms with Crippen molar-refractivity contribution >= 4 is 5.82 Å². The second-order valence-corrected chi connectivity index (χ2v) is 4.24. The number of rotatable bonds is 4. The Kier molecular flexibility index (Phi) is 3.41. The quantitative estimate of drug-likeness (QED) is 0.787. The predicted octanol–water partition coefficient (Wildman–Crippen LogP) is 3.49. The van der Waals surface area contributed by atoms with Gasteiger partial charge in [-0.3, -0.25) is 0 Å². The largest absolute Gasteiger partial charge is 0.362 e. The van der Waals surface area contributed by atoms with E-state index in [1.165, 1.54) is 12.3 Å². The van der Waals surface area contributed by atoms with E-state index in [1.807, 2.05) is 36.4 Å². The van der Waals surface area contributed by atoms with E-state index >= 15 is 0 Å². The van der Waals surface area contributed by atoms with Gasteiger partial charge in [0.05, 0.1) is 6.54 Å². The molecule has 0 aliphatic rings. The van der Waals surface area contributed by atoms with Crippen LogP contribution in [-0.2, 0) is 6.54 Å². The van der Waals surface area contributed by atoms with Crippen molar-refractivity contribution in [3.05, 3.63) is 66.2 Å². The molecule has 2 heterocycles. The maximum Gasteiger partial charge on any atom is 0.167 e. The molecule has 0 spiro atoms. The zero-order valence-electron chi connectivity index (χ0n) is 10.6. The number of nitrogens with zero attached hydrogens (tertiary/aromatic N) is 2. The fraction of sp³-hybridized carbons (Fsp3) is 0.0667. The van der Waals surface area contributed by atoms with Crippen molar-refractivity contribution in [3.8, 4) is 11.3 Å². The molecule has 0 amide bonds.